The third-order valence-electron chi connectivity index (χ3n) is 3.58. The number of anilines is 1. The van der Waals surface area contributed by atoms with Gasteiger partial charge in [-0.25, -0.2) is 4.98 Å². The molecule has 5 heteroatoms. The van der Waals surface area contributed by atoms with Gasteiger partial charge in [-0.05, 0) is 24.6 Å². The second-order valence-corrected chi connectivity index (χ2v) is 6.44. The van der Waals surface area contributed by atoms with Gasteiger partial charge in [-0.1, -0.05) is 60.3 Å². The first kappa shape index (κ1) is 16.3. The highest BCUT2D eigenvalue weighted by Gasteiger charge is 2.10. The van der Waals surface area contributed by atoms with Gasteiger partial charge in [0.05, 0.1) is 11.4 Å². The molecule has 0 fully saturated rings. The van der Waals surface area contributed by atoms with Gasteiger partial charge in [0.2, 0.25) is 5.91 Å². The van der Waals surface area contributed by atoms with E-state index in [2.05, 4.69) is 27.4 Å². The third kappa shape index (κ3) is 4.49. The van der Waals surface area contributed by atoms with Gasteiger partial charge in [-0.15, -0.1) is 0 Å². The van der Waals surface area contributed by atoms with Crippen LogP contribution in [0.25, 0.3) is 0 Å². The summed E-state index contributed by atoms with van der Waals surface area (Å²) in [6.45, 7) is 2.01. The number of nitrogens with one attached hydrogen (secondary N) is 2. The van der Waals surface area contributed by atoms with E-state index in [4.69, 9.17) is 0 Å². The predicted octanol–water partition coefficient (Wildman–Crippen LogP) is 4.04. The van der Waals surface area contributed by atoms with Crippen molar-refractivity contribution < 1.29 is 4.79 Å². The number of H-pyrrole nitrogens is 1. The van der Waals surface area contributed by atoms with E-state index in [9.17, 15) is 4.79 Å². The molecule has 0 saturated heterocycles. The molecular formula is C19H19N3OS. The molecule has 0 atom stereocenters. The average Bonchev–Trinajstić information content (AvgIpc) is 2.95. The Hall–Kier alpha value is -2.53. The van der Waals surface area contributed by atoms with Crippen LogP contribution in [0.3, 0.4) is 0 Å². The molecule has 0 aliphatic heterocycles. The zero-order chi connectivity index (χ0) is 16.8. The lowest BCUT2D eigenvalue weighted by Gasteiger charge is -2.03. The lowest BCUT2D eigenvalue weighted by atomic mass is 10.1. The standard InChI is InChI=1S/C19H19N3OS/c1-14-17(12-15-8-4-2-5-9-15)22-19(20-14)24-13-18(23)21-16-10-6-3-7-11-16/h2-11H,12-13H2,1H3,(H,20,22)(H,21,23). The third-order valence-corrected chi connectivity index (χ3v) is 4.45. The van der Waals surface area contributed by atoms with Crippen LogP contribution in [0.2, 0.25) is 0 Å². The summed E-state index contributed by atoms with van der Waals surface area (Å²) in [5.41, 5.74) is 4.10. The van der Waals surface area contributed by atoms with Gasteiger partial charge in [-0.3, -0.25) is 4.79 Å². The lowest BCUT2D eigenvalue weighted by molar-refractivity contribution is -0.113. The van der Waals surface area contributed by atoms with Crippen molar-refractivity contribution in [1.29, 1.82) is 0 Å². The van der Waals surface area contributed by atoms with Crippen LogP contribution in [0.5, 0.6) is 0 Å². The number of carbonyl (C=O) groups is 1. The largest absolute Gasteiger partial charge is 0.337 e. The number of imidazole rings is 1. The fourth-order valence-corrected chi connectivity index (χ4v) is 3.09. The van der Waals surface area contributed by atoms with Crippen molar-refractivity contribution >= 4 is 23.4 Å². The highest BCUT2D eigenvalue weighted by Crippen LogP contribution is 2.19. The monoisotopic (exact) mass is 337 g/mol. The van der Waals surface area contributed by atoms with Crippen LogP contribution in [0.15, 0.2) is 65.8 Å². The Bertz CT molecular complexity index is 800. The summed E-state index contributed by atoms with van der Waals surface area (Å²) < 4.78 is 0. The second kappa shape index (κ2) is 7.84. The Morgan fingerprint density at radius 1 is 1.08 bits per heavy atom. The molecule has 1 amide bonds. The van der Waals surface area contributed by atoms with Crippen molar-refractivity contribution in [1.82, 2.24) is 9.97 Å². The van der Waals surface area contributed by atoms with E-state index >= 15 is 0 Å². The number of thioether (sulfide) groups is 1. The minimum atomic E-state index is -0.0372. The molecule has 0 saturated carbocycles. The second-order valence-electron chi connectivity index (χ2n) is 5.48. The number of aryl methyl sites for hydroxylation is 1. The molecule has 0 radical (unpaired) electrons. The number of hydrogen-bond donors (Lipinski definition) is 2. The highest BCUT2D eigenvalue weighted by atomic mass is 32.2. The van der Waals surface area contributed by atoms with Crippen LogP contribution < -0.4 is 5.32 Å². The minimum absolute atomic E-state index is 0.0372. The minimum Gasteiger partial charge on any atom is -0.337 e. The fourth-order valence-electron chi connectivity index (χ4n) is 2.35. The van der Waals surface area contributed by atoms with E-state index in [0.717, 1.165) is 28.7 Å². The van der Waals surface area contributed by atoms with Crippen LogP contribution in [0.4, 0.5) is 5.69 Å². The highest BCUT2D eigenvalue weighted by molar-refractivity contribution is 7.99. The number of aromatic amines is 1. The van der Waals surface area contributed by atoms with Crippen molar-refractivity contribution in [2.75, 3.05) is 11.1 Å². The van der Waals surface area contributed by atoms with Crippen LogP contribution in [-0.4, -0.2) is 21.6 Å². The van der Waals surface area contributed by atoms with Gasteiger partial charge in [0.15, 0.2) is 5.16 Å². The van der Waals surface area contributed by atoms with Gasteiger partial charge >= 0.3 is 0 Å². The molecule has 2 N–H and O–H groups in total. The number of carbonyl (C=O) groups excluding carboxylic acids is 1. The van der Waals surface area contributed by atoms with Crippen LogP contribution in [0, 0.1) is 6.92 Å². The molecule has 3 rings (SSSR count). The van der Waals surface area contributed by atoms with Crippen molar-refractivity contribution in [3.63, 3.8) is 0 Å². The molecule has 3 aromatic rings. The molecule has 0 unspecified atom stereocenters. The summed E-state index contributed by atoms with van der Waals surface area (Å²) in [5, 5.41) is 3.65. The normalized spacial score (nSPS) is 10.5. The molecule has 0 aliphatic carbocycles. The summed E-state index contributed by atoms with van der Waals surface area (Å²) in [5.74, 6) is 0.289. The first-order chi connectivity index (χ1) is 11.7. The molecule has 24 heavy (non-hydrogen) atoms. The molecule has 4 nitrogen and oxygen atoms in total. The zero-order valence-electron chi connectivity index (χ0n) is 13.5. The number of nitrogens with zero attached hydrogens (tertiary/aromatic N) is 1. The molecule has 122 valence electrons. The maximum absolute atomic E-state index is 12.0. The number of amides is 1. The Kier molecular flexibility index (Phi) is 5.33. The molecular weight excluding hydrogens is 318 g/mol. The van der Waals surface area contributed by atoms with Crippen molar-refractivity contribution in [2.45, 2.75) is 18.5 Å². The Balaban J connectivity index is 1.56. The molecule has 0 aliphatic rings. The summed E-state index contributed by atoms with van der Waals surface area (Å²) in [6.07, 6.45) is 0.792. The van der Waals surface area contributed by atoms with Gasteiger partial charge in [0.1, 0.15) is 0 Å². The van der Waals surface area contributed by atoms with Gasteiger partial charge in [0, 0.05) is 17.8 Å². The van der Waals surface area contributed by atoms with Crippen LogP contribution in [0.1, 0.15) is 17.0 Å². The summed E-state index contributed by atoms with van der Waals surface area (Å²) in [6, 6.07) is 19.7. The summed E-state index contributed by atoms with van der Waals surface area (Å²) in [4.78, 5) is 19.9. The van der Waals surface area contributed by atoms with Crippen molar-refractivity contribution in [3.05, 3.63) is 77.6 Å². The van der Waals surface area contributed by atoms with Gasteiger partial charge < -0.3 is 10.3 Å². The molecule has 2 aromatic carbocycles. The lowest BCUT2D eigenvalue weighted by Crippen LogP contribution is -2.13. The molecule has 0 bridgehead atoms. The topological polar surface area (TPSA) is 57.8 Å². The number of hydrogen-bond acceptors (Lipinski definition) is 3. The fraction of sp³-hybridized carbons (Fsp3) is 0.158. The van der Waals surface area contributed by atoms with Crippen LogP contribution >= 0.6 is 11.8 Å². The quantitative estimate of drug-likeness (QED) is 0.668. The van der Waals surface area contributed by atoms with Crippen molar-refractivity contribution in [3.8, 4) is 0 Å². The number of para-hydroxylation sites is 1. The van der Waals surface area contributed by atoms with E-state index < -0.39 is 0 Å². The Morgan fingerprint density at radius 3 is 2.46 bits per heavy atom. The van der Waals surface area contributed by atoms with Crippen LogP contribution in [-0.2, 0) is 11.2 Å². The zero-order valence-corrected chi connectivity index (χ0v) is 14.3. The Labute approximate surface area is 145 Å². The summed E-state index contributed by atoms with van der Waals surface area (Å²) >= 11 is 1.41. The van der Waals surface area contributed by atoms with E-state index in [1.165, 1.54) is 17.3 Å². The average molecular weight is 337 g/mol. The summed E-state index contributed by atoms with van der Waals surface area (Å²) in [7, 11) is 0. The maximum atomic E-state index is 12.0. The van der Waals surface area contributed by atoms with Gasteiger partial charge in [-0.2, -0.15) is 0 Å². The first-order valence-corrected chi connectivity index (χ1v) is 8.76. The first-order valence-electron chi connectivity index (χ1n) is 7.78. The van der Waals surface area contributed by atoms with E-state index in [1.54, 1.807) is 0 Å². The van der Waals surface area contributed by atoms with E-state index in [1.807, 2.05) is 55.5 Å². The predicted molar refractivity (Wildman–Crippen MR) is 98.4 cm³/mol. The SMILES string of the molecule is Cc1[nH]c(SCC(=O)Nc2ccccc2)nc1Cc1ccccc1. The smallest absolute Gasteiger partial charge is 0.234 e. The van der Waals surface area contributed by atoms with Gasteiger partial charge in [0.25, 0.3) is 0 Å². The molecule has 0 spiro atoms. The molecule has 1 aromatic heterocycles. The maximum Gasteiger partial charge on any atom is 0.234 e. The van der Waals surface area contributed by atoms with E-state index in [0.29, 0.717) is 5.75 Å². The molecule has 1 heterocycles. The number of rotatable bonds is 6. The number of aromatic nitrogens is 2. The van der Waals surface area contributed by atoms with E-state index in [-0.39, 0.29) is 5.91 Å². The number of benzene rings is 2. The van der Waals surface area contributed by atoms with Crippen molar-refractivity contribution in [2.24, 2.45) is 0 Å². The Morgan fingerprint density at radius 2 is 1.75 bits per heavy atom.